The van der Waals surface area contributed by atoms with E-state index < -0.39 is 11.6 Å². The van der Waals surface area contributed by atoms with Crippen LogP contribution in [-0.2, 0) is 5.79 Å². The Hall–Kier alpha value is -2.04. The minimum absolute atomic E-state index is 0.327. The molecule has 0 spiro atoms. The van der Waals surface area contributed by atoms with Crippen LogP contribution in [0.4, 0.5) is 4.39 Å². The zero-order valence-electron chi connectivity index (χ0n) is 13.2. The molecule has 2 heterocycles. The molecule has 1 N–H and O–H groups in total. The normalized spacial score (nSPS) is 22.4. The summed E-state index contributed by atoms with van der Waals surface area (Å²) in [6.07, 6.45) is 3.08. The highest BCUT2D eigenvalue weighted by Crippen LogP contribution is 2.48. The number of ether oxygens (including phenoxy) is 2. The maximum atomic E-state index is 14.4. The lowest BCUT2D eigenvalue weighted by Crippen LogP contribution is -2.32. The molecule has 24 heavy (non-hydrogen) atoms. The fourth-order valence-corrected chi connectivity index (χ4v) is 3.37. The molecule has 3 nitrogen and oxygen atoms in total. The number of hydrogen-bond donors (Lipinski definition) is 1. The summed E-state index contributed by atoms with van der Waals surface area (Å²) in [5, 5.41) is 3.64. The minimum atomic E-state index is -1.21. The van der Waals surface area contributed by atoms with E-state index in [4.69, 9.17) is 21.1 Å². The van der Waals surface area contributed by atoms with Crippen molar-refractivity contribution in [2.45, 2.75) is 19.1 Å². The van der Waals surface area contributed by atoms with E-state index in [0.717, 1.165) is 25.1 Å². The Balaban J connectivity index is 1.75. The van der Waals surface area contributed by atoms with Gasteiger partial charge >= 0.3 is 0 Å². The topological polar surface area (TPSA) is 30.5 Å². The molecule has 0 saturated carbocycles. The SMILES string of the molecule is C[C@@]1(c2ccc(Cl)cc2F)Oc2cccc(C3=CCNCC3)c2O1. The quantitative estimate of drug-likeness (QED) is 0.869. The van der Waals surface area contributed by atoms with Gasteiger partial charge < -0.3 is 14.8 Å². The average molecular weight is 346 g/mol. The number of hydrogen-bond acceptors (Lipinski definition) is 3. The van der Waals surface area contributed by atoms with Crippen LogP contribution >= 0.6 is 11.6 Å². The first-order chi connectivity index (χ1) is 11.6. The van der Waals surface area contributed by atoms with Gasteiger partial charge in [0.05, 0.1) is 5.56 Å². The molecule has 5 heteroatoms. The molecule has 124 valence electrons. The molecular formula is C19H17ClFNO2. The summed E-state index contributed by atoms with van der Waals surface area (Å²) in [5.74, 6) is -0.354. The van der Waals surface area contributed by atoms with Crippen molar-refractivity contribution in [3.05, 3.63) is 64.4 Å². The van der Waals surface area contributed by atoms with E-state index in [2.05, 4.69) is 11.4 Å². The van der Waals surface area contributed by atoms with Gasteiger partial charge in [-0.2, -0.15) is 0 Å². The maximum Gasteiger partial charge on any atom is 0.278 e. The van der Waals surface area contributed by atoms with Gasteiger partial charge in [0.1, 0.15) is 5.82 Å². The molecule has 2 aromatic rings. The molecule has 4 rings (SSSR count). The predicted octanol–water partition coefficient (Wildman–Crippen LogP) is 4.50. The zero-order valence-corrected chi connectivity index (χ0v) is 14.0. The fourth-order valence-electron chi connectivity index (χ4n) is 3.21. The summed E-state index contributed by atoms with van der Waals surface area (Å²) in [6, 6.07) is 10.3. The lowest BCUT2D eigenvalue weighted by Gasteiger charge is -2.24. The van der Waals surface area contributed by atoms with Crippen LogP contribution in [0.2, 0.25) is 5.02 Å². The van der Waals surface area contributed by atoms with Gasteiger partial charge in [-0.3, -0.25) is 0 Å². The van der Waals surface area contributed by atoms with Gasteiger partial charge in [0.25, 0.3) is 5.79 Å². The van der Waals surface area contributed by atoms with Crippen molar-refractivity contribution in [3.8, 4) is 11.5 Å². The summed E-state index contributed by atoms with van der Waals surface area (Å²) in [4.78, 5) is 0. The number of benzene rings is 2. The van der Waals surface area contributed by atoms with E-state index in [1.807, 2.05) is 18.2 Å². The first-order valence-corrected chi connectivity index (χ1v) is 8.31. The van der Waals surface area contributed by atoms with Gasteiger partial charge in [0.15, 0.2) is 11.5 Å². The van der Waals surface area contributed by atoms with Crippen LogP contribution in [0.1, 0.15) is 24.5 Å². The second-order valence-electron chi connectivity index (χ2n) is 6.09. The van der Waals surface area contributed by atoms with Crippen LogP contribution in [0.25, 0.3) is 5.57 Å². The van der Waals surface area contributed by atoms with Crippen LogP contribution in [0.15, 0.2) is 42.5 Å². The van der Waals surface area contributed by atoms with Gasteiger partial charge in [-0.25, -0.2) is 4.39 Å². The average Bonchev–Trinajstić information content (AvgIpc) is 2.92. The Kier molecular flexibility index (Phi) is 3.74. The summed E-state index contributed by atoms with van der Waals surface area (Å²) in [6.45, 7) is 3.49. The highest BCUT2D eigenvalue weighted by atomic mass is 35.5. The largest absolute Gasteiger partial charge is 0.444 e. The Morgan fingerprint density at radius 2 is 2.08 bits per heavy atom. The third kappa shape index (κ3) is 2.56. The highest BCUT2D eigenvalue weighted by molar-refractivity contribution is 6.30. The smallest absolute Gasteiger partial charge is 0.278 e. The highest BCUT2D eigenvalue weighted by Gasteiger charge is 2.42. The molecule has 0 bridgehead atoms. The number of fused-ring (bicyclic) bond motifs is 1. The first-order valence-electron chi connectivity index (χ1n) is 7.93. The maximum absolute atomic E-state index is 14.4. The van der Waals surface area contributed by atoms with Gasteiger partial charge in [0.2, 0.25) is 0 Å². The molecule has 0 amide bonds. The predicted molar refractivity (Wildman–Crippen MR) is 91.9 cm³/mol. The Morgan fingerprint density at radius 1 is 1.21 bits per heavy atom. The molecule has 1 atom stereocenters. The van der Waals surface area contributed by atoms with Crippen LogP contribution in [-0.4, -0.2) is 13.1 Å². The van der Waals surface area contributed by atoms with Crippen molar-refractivity contribution in [3.63, 3.8) is 0 Å². The van der Waals surface area contributed by atoms with E-state index in [1.165, 1.54) is 11.6 Å². The second-order valence-corrected chi connectivity index (χ2v) is 6.53. The second kappa shape index (κ2) is 5.80. The summed E-state index contributed by atoms with van der Waals surface area (Å²) >= 11 is 5.85. The fraction of sp³-hybridized carbons (Fsp3) is 0.263. The van der Waals surface area contributed by atoms with Gasteiger partial charge in [0, 0.05) is 24.1 Å². The van der Waals surface area contributed by atoms with Crippen LogP contribution < -0.4 is 14.8 Å². The Labute approximate surface area is 145 Å². The molecule has 0 aromatic heterocycles. The van der Waals surface area contributed by atoms with Crippen LogP contribution in [0.3, 0.4) is 0 Å². The van der Waals surface area contributed by atoms with Crippen molar-refractivity contribution in [1.82, 2.24) is 5.32 Å². The lowest BCUT2D eigenvalue weighted by molar-refractivity contribution is -0.0708. The zero-order chi connectivity index (χ0) is 16.7. The van der Waals surface area contributed by atoms with Gasteiger partial charge in [-0.05, 0) is 42.8 Å². The summed E-state index contributed by atoms with van der Waals surface area (Å²) in [7, 11) is 0. The van der Waals surface area contributed by atoms with Crippen molar-refractivity contribution < 1.29 is 13.9 Å². The van der Waals surface area contributed by atoms with Crippen molar-refractivity contribution in [1.29, 1.82) is 0 Å². The molecule has 0 unspecified atom stereocenters. The molecular weight excluding hydrogens is 329 g/mol. The van der Waals surface area contributed by atoms with E-state index in [9.17, 15) is 4.39 Å². The lowest BCUT2D eigenvalue weighted by atomic mass is 9.99. The number of halogens is 2. The Bertz CT molecular complexity index is 836. The third-order valence-electron chi connectivity index (χ3n) is 4.41. The molecule has 0 radical (unpaired) electrons. The first kappa shape index (κ1) is 15.5. The van der Waals surface area contributed by atoms with E-state index in [1.54, 1.807) is 19.1 Å². The van der Waals surface area contributed by atoms with E-state index >= 15 is 0 Å². The van der Waals surface area contributed by atoms with Gasteiger partial charge in [-0.1, -0.05) is 29.8 Å². The number of nitrogens with one attached hydrogen (secondary N) is 1. The molecule has 0 saturated heterocycles. The molecule has 0 fully saturated rings. The minimum Gasteiger partial charge on any atom is -0.444 e. The van der Waals surface area contributed by atoms with Crippen molar-refractivity contribution in [2.24, 2.45) is 0 Å². The van der Waals surface area contributed by atoms with Crippen molar-refractivity contribution in [2.75, 3.05) is 13.1 Å². The van der Waals surface area contributed by atoms with Crippen LogP contribution in [0, 0.1) is 5.82 Å². The molecule has 2 aromatic carbocycles. The molecule has 0 aliphatic carbocycles. The third-order valence-corrected chi connectivity index (χ3v) is 4.65. The molecule has 2 aliphatic rings. The summed E-state index contributed by atoms with van der Waals surface area (Å²) < 4.78 is 26.5. The number of para-hydroxylation sites is 1. The number of rotatable bonds is 2. The van der Waals surface area contributed by atoms with Crippen LogP contribution in [0.5, 0.6) is 11.5 Å². The Morgan fingerprint density at radius 3 is 2.83 bits per heavy atom. The van der Waals surface area contributed by atoms with E-state index in [-0.39, 0.29) is 0 Å². The monoisotopic (exact) mass is 345 g/mol. The summed E-state index contributed by atoms with van der Waals surface area (Å²) in [5.41, 5.74) is 2.55. The molecule has 2 aliphatic heterocycles. The van der Waals surface area contributed by atoms with Crippen molar-refractivity contribution >= 4 is 17.2 Å². The van der Waals surface area contributed by atoms with Gasteiger partial charge in [-0.15, -0.1) is 0 Å². The van der Waals surface area contributed by atoms with E-state index in [0.29, 0.717) is 22.1 Å². The standard InChI is InChI=1S/C19H17ClFNO2/c1-19(15-6-5-13(20)11-16(15)21)23-17-4-2-3-14(18(17)24-19)12-7-9-22-10-8-12/h2-7,11,22H,8-10H2,1H3/t19-/m1/s1.